The van der Waals surface area contributed by atoms with Gasteiger partial charge in [-0.25, -0.2) is 13.1 Å². The van der Waals surface area contributed by atoms with Crippen molar-refractivity contribution in [3.63, 3.8) is 0 Å². The summed E-state index contributed by atoms with van der Waals surface area (Å²) in [7, 11) is -3.61. The third-order valence-electron chi connectivity index (χ3n) is 4.33. The summed E-state index contributed by atoms with van der Waals surface area (Å²) in [5, 5.41) is 0.612. The average Bonchev–Trinajstić information content (AvgIpc) is 2.55. The van der Waals surface area contributed by atoms with Gasteiger partial charge in [-0.2, -0.15) is 0 Å². The predicted molar refractivity (Wildman–Crippen MR) is 108 cm³/mol. The van der Waals surface area contributed by atoms with Crippen molar-refractivity contribution in [3.05, 3.63) is 27.7 Å². The van der Waals surface area contributed by atoms with Crippen molar-refractivity contribution >= 4 is 33.2 Å². The van der Waals surface area contributed by atoms with E-state index in [1.807, 2.05) is 0 Å². The van der Waals surface area contributed by atoms with Crippen molar-refractivity contribution in [2.24, 2.45) is 0 Å². The van der Waals surface area contributed by atoms with Crippen LogP contribution in [0.2, 0.25) is 10.0 Å². The minimum atomic E-state index is -3.61. The molecule has 0 bridgehead atoms. The Bertz CT molecular complexity index is 618. The molecule has 0 fully saturated rings. The quantitative estimate of drug-likeness (QED) is 0.379. The maximum atomic E-state index is 12.3. The first-order valence-electron chi connectivity index (χ1n) is 9.33. The molecule has 1 N–H and O–H groups in total. The number of sulfonamides is 1. The molecule has 1 rings (SSSR count). The SMILES string of the molecule is CCCCCCCCCCCCNS(=O)(=O)c1cc(Cl)c(C)cc1Cl. The van der Waals surface area contributed by atoms with Crippen molar-refractivity contribution in [2.45, 2.75) is 83.0 Å². The van der Waals surface area contributed by atoms with Crippen molar-refractivity contribution in [1.29, 1.82) is 0 Å². The highest BCUT2D eigenvalue weighted by molar-refractivity contribution is 7.89. The zero-order valence-electron chi connectivity index (χ0n) is 15.4. The molecule has 0 amide bonds. The van der Waals surface area contributed by atoms with E-state index in [0.29, 0.717) is 11.6 Å². The fourth-order valence-corrected chi connectivity index (χ4v) is 4.64. The van der Waals surface area contributed by atoms with Crippen molar-refractivity contribution in [2.75, 3.05) is 6.54 Å². The van der Waals surface area contributed by atoms with Gasteiger partial charge in [0.15, 0.2) is 0 Å². The Morgan fingerprint density at radius 1 is 0.840 bits per heavy atom. The largest absolute Gasteiger partial charge is 0.242 e. The van der Waals surface area contributed by atoms with E-state index < -0.39 is 10.0 Å². The number of hydrogen-bond donors (Lipinski definition) is 1. The van der Waals surface area contributed by atoms with Gasteiger partial charge in [-0.15, -0.1) is 0 Å². The summed E-state index contributed by atoms with van der Waals surface area (Å²) in [4.78, 5) is 0.0526. The number of unbranched alkanes of at least 4 members (excludes halogenated alkanes) is 9. The third-order valence-corrected chi connectivity index (χ3v) is 6.66. The lowest BCUT2D eigenvalue weighted by molar-refractivity contribution is 0.549. The van der Waals surface area contributed by atoms with Gasteiger partial charge in [0.25, 0.3) is 0 Å². The molecule has 0 spiro atoms. The Balaban J connectivity index is 2.22. The zero-order chi connectivity index (χ0) is 18.7. The predicted octanol–water partition coefficient (Wildman–Crippen LogP) is 6.50. The molecule has 6 heteroatoms. The fourth-order valence-electron chi connectivity index (χ4n) is 2.73. The topological polar surface area (TPSA) is 46.2 Å². The number of aryl methyl sites for hydroxylation is 1. The molecule has 0 aliphatic carbocycles. The van der Waals surface area contributed by atoms with Gasteiger partial charge in [0.05, 0.1) is 5.02 Å². The van der Waals surface area contributed by atoms with Crippen LogP contribution in [0.15, 0.2) is 17.0 Å². The van der Waals surface area contributed by atoms with Gasteiger partial charge in [0.2, 0.25) is 10.0 Å². The van der Waals surface area contributed by atoms with Crippen LogP contribution in [0.25, 0.3) is 0 Å². The molecule has 1 aromatic carbocycles. The molecular weight excluding hydrogens is 377 g/mol. The lowest BCUT2D eigenvalue weighted by Gasteiger charge is -2.10. The summed E-state index contributed by atoms with van der Waals surface area (Å²) >= 11 is 12.1. The van der Waals surface area contributed by atoms with Gasteiger partial charge in [0.1, 0.15) is 4.90 Å². The van der Waals surface area contributed by atoms with Crippen LogP contribution in [0.1, 0.15) is 76.7 Å². The van der Waals surface area contributed by atoms with Crippen molar-refractivity contribution in [3.8, 4) is 0 Å². The number of benzene rings is 1. The van der Waals surface area contributed by atoms with Gasteiger partial charge in [-0.3, -0.25) is 0 Å². The van der Waals surface area contributed by atoms with Crippen LogP contribution in [-0.2, 0) is 10.0 Å². The molecule has 0 atom stereocenters. The standard InChI is InChI=1S/C19H31Cl2NO2S/c1-3-4-5-6-7-8-9-10-11-12-13-22-25(23,24)19-15-17(20)16(2)14-18(19)21/h14-15,22H,3-13H2,1-2H3. The first kappa shape index (κ1) is 22.8. The first-order valence-corrected chi connectivity index (χ1v) is 11.6. The molecule has 0 aliphatic rings. The number of halogens is 2. The second kappa shape index (κ2) is 12.2. The molecular formula is C19H31Cl2NO2S. The van der Waals surface area contributed by atoms with Crippen LogP contribution < -0.4 is 4.72 Å². The lowest BCUT2D eigenvalue weighted by atomic mass is 10.1. The number of rotatable bonds is 13. The van der Waals surface area contributed by atoms with Gasteiger partial charge >= 0.3 is 0 Å². The Hall–Kier alpha value is -0.290. The molecule has 0 radical (unpaired) electrons. The van der Waals surface area contributed by atoms with E-state index in [1.54, 1.807) is 13.0 Å². The molecule has 0 aliphatic heterocycles. The van der Waals surface area contributed by atoms with Gasteiger partial charge < -0.3 is 0 Å². The minimum absolute atomic E-state index is 0.0526. The number of nitrogens with one attached hydrogen (secondary N) is 1. The Labute approximate surface area is 163 Å². The highest BCUT2D eigenvalue weighted by Gasteiger charge is 2.18. The molecule has 0 aromatic heterocycles. The molecule has 25 heavy (non-hydrogen) atoms. The van der Waals surface area contributed by atoms with Crippen LogP contribution in [0.4, 0.5) is 0 Å². The molecule has 0 saturated carbocycles. The summed E-state index contributed by atoms with van der Waals surface area (Å²) in [5.74, 6) is 0. The third kappa shape index (κ3) is 8.76. The van der Waals surface area contributed by atoms with Gasteiger partial charge in [-0.1, -0.05) is 87.9 Å². The zero-order valence-corrected chi connectivity index (χ0v) is 17.7. The Morgan fingerprint density at radius 2 is 1.36 bits per heavy atom. The molecule has 144 valence electrons. The number of hydrogen-bond acceptors (Lipinski definition) is 2. The summed E-state index contributed by atoms with van der Waals surface area (Å²) in [5.41, 5.74) is 0.764. The maximum absolute atomic E-state index is 12.3. The molecule has 0 unspecified atom stereocenters. The van der Waals surface area contributed by atoms with Crippen LogP contribution in [0.3, 0.4) is 0 Å². The first-order chi connectivity index (χ1) is 11.9. The molecule has 0 saturated heterocycles. The maximum Gasteiger partial charge on any atom is 0.242 e. The Morgan fingerprint density at radius 3 is 1.92 bits per heavy atom. The Kier molecular flexibility index (Phi) is 11.1. The van der Waals surface area contributed by atoms with E-state index in [9.17, 15) is 8.42 Å². The van der Waals surface area contributed by atoms with E-state index >= 15 is 0 Å². The van der Waals surface area contributed by atoms with E-state index in [4.69, 9.17) is 23.2 Å². The highest BCUT2D eigenvalue weighted by atomic mass is 35.5. The van der Waals surface area contributed by atoms with Crippen molar-refractivity contribution in [1.82, 2.24) is 4.72 Å². The summed E-state index contributed by atoms with van der Waals surface area (Å²) < 4.78 is 27.3. The lowest BCUT2D eigenvalue weighted by Crippen LogP contribution is -2.25. The monoisotopic (exact) mass is 407 g/mol. The molecule has 1 aromatic rings. The summed E-state index contributed by atoms with van der Waals surface area (Å²) in [6.07, 6.45) is 12.2. The van der Waals surface area contributed by atoms with Crippen LogP contribution in [-0.4, -0.2) is 15.0 Å². The normalized spacial score (nSPS) is 11.8. The average molecular weight is 408 g/mol. The van der Waals surface area contributed by atoms with Gasteiger partial charge in [-0.05, 0) is 31.0 Å². The molecule has 0 heterocycles. The van der Waals surface area contributed by atoms with Crippen LogP contribution in [0, 0.1) is 6.92 Å². The van der Waals surface area contributed by atoms with Crippen LogP contribution in [0.5, 0.6) is 0 Å². The highest BCUT2D eigenvalue weighted by Crippen LogP contribution is 2.28. The van der Waals surface area contributed by atoms with Gasteiger partial charge in [0, 0.05) is 11.6 Å². The summed E-state index contributed by atoms with van der Waals surface area (Å²) in [6.45, 7) is 4.46. The van der Waals surface area contributed by atoms with E-state index in [-0.39, 0.29) is 9.92 Å². The smallest absolute Gasteiger partial charge is 0.211 e. The minimum Gasteiger partial charge on any atom is -0.211 e. The van der Waals surface area contributed by atoms with Crippen molar-refractivity contribution < 1.29 is 8.42 Å². The van der Waals surface area contributed by atoms with Crippen LogP contribution >= 0.6 is 23.2 Å². The van der Waals surface area contributed by atoms with E-state index in [2.05, 4.69) is 11.6 Å². The second-order valence-corrected chi connectivity index (χ2v) is 9.16. The fraction of sp³-hybridized carbons (Fsp3) is 0.684. The molecule has 3 nitrogen and oxygen atoms in total. The summed E-state index contributed by atoms with van der Waals surface area (Å²) in [6, 6.07) is 3.00. The van der Waals surface area contributed by atoms with E-state index in [0.717, 1.165) is 24.8 Å². The second-order valence-electron chi connectivity index (χ2n) is 6.61. The van der Waals surface area contributed by atoms with E-state index in [1.165, 1.54) is 51.0 Å².